The average molecular weight is 351 g/mol. The topological polar surface area (TPSA) is 69.4 Å². The molecule has 0 aromatic heterocycles. The molecule has 0 saturated heterocycles. The Labute approximate surface area is 154 Å². The maximum Gasteiger partial charge on any atom is 0.306 e. The molecule has 1 unspecified atom stereocenters. The molecule has 0 bridgehead atoms. The van der Waals surface area contributed by atoms with Gasteiger partial charge in [0.2, 0.25) is 0 Å². The van der Waals surface area contributed by atoms with Gasteiger partial charge in [-0.3, -0.25) is 9.59 Å². The molecule has 1 aliphatic rings. The number of fused-ring (bicyclic) bond motifs is 1. The first-order valence-corrected chi connectivity index (χ1v) is 9.18. The van der Waals surface area contributed by atoms with Crippen molar-refractivity contribution in [2.24, 2.45) is 5.41 Å². The number of nitrogens with two attached hydrogens (primary N) is 1. The van der Waals surface area contributed by atoms with Crippen molar-refractivity contribution in [1.29, 1.82) is 0 Å². The van der Waals surface area contributed by atoms with Crippen LogP contribution in [0.2, 0.25) is 0 Å². The molecule has 136 valence electrons. The Morgan fingerprint density at radius 2 is 1.81 bits per heavy atom. The van der Waals surface area contributed by atoms with Gasteiger partial charge < -0.3 is 10.5 Å². The van der Waals surface area contributed by atoms with E-state index in [4.69, 9.17) is 10.5 Å². The minimum absolute atomic E-state index is 0.0677. The van der Waals surface area contributed by atoms with E-state index >= 15 is 0 Å². The van der Waals surface area contributed by atoms with Gasteiger partial charge in [-0.1, -0.05) is 37.3 Å². The van der Waals surface area contributed by atoms with Crippen molar-refractivity contribution < 1.29 is 14.3 Å². The van der Waals surface area contributed by atoms with Crippen molar-refractivity contribution in [2.45, 2.75) is 39.5 Å². The second kappa shape index (κ2) is 7.32. The number of ether oxygens (including phenoxy) is 1. The summed E-state index contributed by atoms with van der Waals surface area (Å²) in [7, 11) is 0. The number of aryl methyl sites for hydroxylation is 1. The summed E-state index contributed by atoms with van der Waals surface area (Å²) in [6.45, 7) is 4.10. The molecule has 3 rings (SSSR count). The van der Waals surface area contributed by atoms with E-state index < -0.39 is 5.41 Å². The lowest BCUT2D eigenvalue weighted by molar-refractivity contribution is -0.145. The van der Waals surface area contributed by atoms with Crippen LogP contribution in [0.1, 0.15) is 49.0 Å². The summed E-state index contributed by atoms with van der Waals surface area (Å²) in [4.78, 5) is 25.2. The van der Waals surface area contributed by atoms with Crippen molar-refractivity contribution in [3.63, 3.8) is 0 Å². The van der Waals surface area contributed by atoms with Crippen LogP contribution < -0.4 is 5.73 Å². The first kappa shape index (κ1) is 18.2. The van der Waals surface area contributed by atoms with Crippen LogP contribution in [-0.2, 0) is 16.0 Å². The number of benzene rings is 2. The highest BCUT2D eigenvalue weighted by atomic mass is 16.5. The smallest absolute Gasteiger partial charge is 0.306 e. The van der Waals surface area contributed by atoms with Gasteiger partial charge in [0, 0.05) is 16.7 Å². The Morgan fingerprint density at radius 3 is 2.46 bits per heavy atom. The molecule has 0 radical (unpaired) electrons. The van der Waals surface area contributed by atoms with Crippen LogP contribution in [0.3, 0.4) is 0 Å². The van der Waals surface area contributed by atoms with Gasteiger partial charge in [-0.2, -0.15) is 0 Å². The molecule has 0 aliphatic heterocycles. The molecule has 2 aromatic carbocycles. The van der Waals surface area contributed by atoms with Crippen LogP contribution in [0.25, 0.3) is 11.1 Å². The van der Waals surface area contributed by atoms with Gasteiger partial charge in [-0.05, 0) is 55.0 Å². The van der Waals surface area contributed by atoms with Crippen LogP contribution in [0, 0.1) is 5.41 Å². The number of Topliss-reactive ketones (excluding diaryl/α,β-unsaturated/α-hetero) is 1. The fourth-order valence-corrected chi connectivity index (χ4v) is 3.77. The summed E-state index contributed by atoms with van der Waals surface area (Å²) in [6, 6.07) is 13.7. The minimum Gasteiger partial charge on any atom is -0.466 e. The van der Waals surface area contributed by atoms with E-state index in [1.54, 1.807) is 6.92 Å². The van der Waals surface area contributed by atoms with E-state index in [0.29, 0.717) is 19.4 Å². The molecule has 0 spiro atoms. The average Bonchev–Trinajstić information content (AvgIpc) is 2.65. The second-order valence-electron chi connectivity index (χ2n) is 6.94. The molecule has 2 aromatic rings. The zero-order chi connectivity index (χ0) is 18.7. The summed E-state index contributed by atoms with van der Waals surface area (Å²) in [5.74, 6) is -0.220. The first-order valence-electron chi connectivity index (χ1n) is 9.18. The summed E-state index contributed by atoms with van der Waals surface area (Å²) in [6.07, 6.45) is 2.27. The van der Waals surface area contributed by atoms with E-state index in [1.165, 1.54) is 0 Å². The molecule has 4 nitrogen and oxygen atoms in total. The number of hydrogen-bond acceptors (Lipinski definition) is 4. The zero-order valence-electron chi connectivity index (χ0n) is 15.4. The summed E-state index contributed by atoms with van der Waals surface area (Å²) >= 11 is 0. The van der Waals surface area contributed by atoms with E-state index in [2.05, 4.69) is 6.07 Å². The number of esters is 1. The highest BCUT2D eigenvalue weighted by molar-refractivity contribution is 6.04. The number of anilines is 1. The Hall–Kier alpha value is -2.62. The van der Waals surface area contributed by atoms with Crippen molar-refractivity contribution in [2.75, 3.05) is 12.3 Å². The molecule has 2 N–H and O–H groups in total. The molecule has 1 aliphatic carbocycles. The number of carbonyl (C=O) groups is 2. The second-order valence-corrected chi connectivity index (χ2v) is 6.94. The van der Waals surface area contributed by atoms with Crippen molar-refractivity contribution in [3.05, 3.63) is 53.6 Å². The fourth-order valence-electron chi connectivity index (χ4n) is 3.77. The lowest BCUT2D eigenvalue weighted by Gasteiger charge is -2.35. The van der Waals surface area contributed by atoms with Gasteiger partial charge in [0.25, 0.3) is 0 Å². The maximum atomic E-state index is 13.2. The predicted molar refractivity (Wildman–Crippen MR) is 103 cm³/mol. The van der Waals surface area contributed by atoms with E-state index in [9.17, 15) is 9.59 Å². The van der Waals surface area contributed by atoms with Gasteiger partial charge in [0.05, 0.1) is 13.0 Å². The monoisotopic (exact) mass is 351 g/mol. The van der Waals surface area contributed by atoms with Gasteiger partial charge in [0.1, 0.15) is 0 Å². The number of hydrogen-bond donors (Lipinski definition) is 1. The predicted octanol–water partition coefficient (Wildman–Crippen LogP) is 4.41. The van der Waals surface area contributed by atoms with E-state index in [0.717, 1.165) is 34.4 Å². The van der Waals surface area contributed by atoms with Gasteiger partial charge in [0.15, 0.2) is 5.78 Å². The molecular formula is C22H25NO3. The molecular weight excluding hydrogens is 326 g/mol. The lowest BCUT2D eigenvalue weighted by Crippen LogP contribution is -2.38. The van der Waals surface area contributed by atoms with Gasteiger partial charge >= 0.3 is 5.97 Å². The SMILES string of the molecule is CCOC(=O)CC1(CC)CCc2cc(-c3ccc(N)cc3)ccc2C1=O. The van der Waals surface area contributed by atoms with Crippen LogP contribution in [-0.4, -0.2) is 18.4 Å². The van der Waals surface area contributed by atoms with Crippen molar-refractivity contribution >= 4 is 17.4 Å². The Balaban J connectivity index is 1.91. The Morgan fingerprint density at radius 1 is 1.12 bits per heavy atom. The number of nitrogen functional groups attached to an aromatic ring is 1. The number of carbonyl (C=O) groups excluding carboxylic acids is 2. The van der Waals surface area contributed by atoms with E-state index in [-0.39, 0.29) is 18.2 Å². The maximum absolute atomic E-state index is 13.2. The molecule has 4 heteroatoms. The van der Waals surface area contributed by atoms with E-state index in [1.807, 2.05) is 43.3 Å². The van der Waals surface area contributed by atoms with Gasteiger partial charge in [-0.15, -0.1) is 0 Å². The lowest BCUT2D eigenvalue weighted by atomic mass is 9.67. The first-order chi connectivity index (χ1) is 12.5. The molecule has 1 atom stereocenters. The molecule has 26 heavy (non-hydrogen) atoms. The Bertz CT molecular complexity index is 826. The quantitative estimate of drug-likeness (QED) is 0.640. The molecule has 0 saturated carbocycles. The van der Waals surface area contributed by atoms with Crippen LogP contribution in [0.5, 0.6) is 0 Å². The summed E-state index contributed by atoms with van der Waals surface area (Å²) in [5, 5.41) is 0. The zero-order valence-corrected chi connectivity index (χ0v) is 15.4. The Kier molecular flexibility index (Phi) is 5.12. The summed E-state index contributed by atoms with van der Waals surface area (Å²) in [5.41, 5.74) is 9.79. The largest absolute Gasteiger partial charge is 0.466 e. The standard InChI is InChI=1S/C22H25NO3/c1-3-22(14-20(24)26-4-2)12-11-17-13-16(7-10-19(17)21(22)25)15-5-8-18(23)9-6-15/h5-10,13H,3-4,11-12,14,23H2,1-2H3. The third-order valence-corrected chi connectivity index (χ3v) is 5.41. The molecule has 0 amide bonds. The third-order valence-electron chi connectivity index (χ3n) is 5.41. The molecule has 0 fully saturated rings. The fraction of sp³-hybridized carbons (Fsp3) is 0.364. The highest BCUT2D eigenvalue weighted by Crippen LogP contribution is 2.42. The molecule has 0 heterocycles. The summed E-state index contributed by atoms with van der Waals surface area (Å²) < 4.78 is 5.09. The van der Waals surface area contributed by atoms with Crippen LogP contribution in [0.15, 0.2) is 42.5 Å². The van der Waals surface area contributed by atoms with Crippen LogP contribution in [0.4, 0.5) is 5.69 Å². The highest BCUT2D eigenvalue weighted by Gasteiger charge is 2.43. The normalized spacial score (nSPS) is 19.1. The van der Waals surface area contributed by atoms with Crippen molar-refractivity contribution in [3.8, 4) is 11.1 Å². The third kappa shape index (κ3) is 3.36. The number of rotatable bonds is 5. The van der Waals surface area contributed by atoms with Crippen LogP contribution >= 0.6 is 0 Å². The number of ketones is 1. The minimum atomic E-state index is -0.637. The van der Waals surface area contributed by atoms with Gasteiger partial charge in [-0.25, -0.2) is 0 Å². The van der Waals surface area contributed by atoms with Crippen molar-refractivity contribution in [1.82, 2.24) is 0 Å².